The van der Waals surface area contributed by atoms with Crippen molar-refractivity contribution in [3.05, 3.63) is 29.3 Å². The fourth-order valence-electron chi connectivity index (χ4n) is 2.35. The largest absolute Gasteiger partial charge is 0.388 e. The van der Waals surface area contributed by atoms with E-state index in [0.717, 1.165) is 13.0 Å². The van der Waals surface area contributed by atoms with Gasteiger partial charge in [0.15, 0.2) is 0 Å². The second-order valence-electron chi connectivity index (χ2n) is 5.71. The highest BCUT2D eigenvalue weighted by Gasteiger charge is 2.14. The van der Waals surface area contributed by atoms with E-state index in [0.29, 0.717) is 0 Å². The van der Waals surface area contributed by atoms with Crippen LogP contribution >= 0.6 is 0 Å². The first kappa shape index (κ1) is 15.0. The first-order valence-corrected chi connectivity index (χ1v) is 7.01. The number of hydrogen-bond donors (Lipinski definition) is 2. The van der Waals surface area contributed by atoms with Gasteiger partial charge in [-0.1, -0.05) is 25.5 Å². The molecule has 0 bridgehead atoms. The molecule has 0 spiro atoms. The average molecular weight is 248 g/mol. The van der Waals surface area contributed by atoms with Crippen LogP contribution in [-0.4, -0.2) is 19.1 Å². The van der Waals surface area contributed by atoms with Crippen molar-refractivity contribution in [3.63, 3.8) is 0 Å². The Morgan fingerprint density at radius 1 is 1.22 bits per heavy atom. The lowest BCUT2D eigenvalue weighted by atomic mass is 9.98. The van der Waals surface area contributed by atoms with E-state index in [4.69, 9.17) is 0 Å². The van der Waals surface area contributed by atoms with Crippen molar-refractivity contribution >= 4 is 5.69 Å². The summed E-state index contributed by atoms with van der Waals surface area (Å²) >= 11 is 0. The van der Waals surface area contributed by atoms with E-state index < -0.39 is 0 Å². The molecule has 1 rings (SSSR count). The molecule has 0 saturated carbocycles. The van der Waals surface area contributed by atoms with Gasteiger partial charge in [-0.3, -0.25) is 0 Å². The van der Waals surface area contributed by atoms with Gasteiger partial charge < -0.3 is 10.6 Å². The maximum Gasteiger partial charge on any atom is 0.0370 e. The summed E-state index contributed by atoms with van der Waals surface area (Å²) in [4.78, 5) is 0. The summed E-state index contributed by atoms with van der Waals surface area (Å²) in [5, 5.41) is 6.88. The first-order chi connectivity index (χ1) is 8.48. The second kappa shape index (κ2) is 6.79. The Morgan fingerprint density at radius 3 is 2.56 bits per heavy atom. The quantitative estimate of drug-likeness (QED) is 0.768. The van der Waals surface area contributed by atoms with Crippen LogP contribution in [0, 0.1) is 6.92 Å². The molecule has 2 nitrogen and oxygen atoms in total. The predicted molar refractivity (Wildman–Crippen MR) is 81.4 cm³/mol. The molecule has 1 aromatic carbocycles. The highest BCUT2D eigenvalue weighted by molar-refractivity contribution is 5.52. The zero-order valence-electron chi connectivity index (χ0n) is 12.6. The molecule has 2 heteroatoms. The van der Waals surface area contributed by atoms with Gasteiger partial charge in [-0.15, -0.1) is 0 Å². The number of nitrogens with one attached hydrogen (secondary N) is 2. The molecule has 0 radical (unpaired) electrons. The molecule has 0 unspecified atom stereocenters. The lowest BCUT2D eigenvalue weighted by Crippen LogP contribution is -2.40. The van der Waals surface area contributed by atoms with Crippen molar-refractivity contribution in [2.45, 2.75) is 52.5 Å². The van der Waals surface area contributed by atoms with Crippen LogP contribution in [0.4, 0.5) is 5.69 Å². The number of benzene rings is 1. The molecular weight excluding hydrogens is 220 g/mol. The van der Waals surface area contributed by atoms with Crippen molar-refractivity contribution < 1.29 is 0 Å². The molecule has 0 aliphatic carbocycles. The number of aryl methyl sites for hydroxylation is 1. The third kappa shape index (κ3) is 4.69. The van der Waals surface area contributed by atoms with Crippen LogP contribution in [0.25, 0.3) is 0 Å². The molecule has 0 heterocycles. The maximum absolute atomic E-state index is 3.64. The van der Waals surface area contributed by atoms with Crippen LogP contribution in [0.15, 0.2) is 18.2 Å². The lowest BCUT2D eigenvalue weighted by Gasteiger charge is -2.26. The molecule has 18 heavy (non-hydrogen) atoms. The Bertz CT molecular complexity index is 369. The summed E-state index contributed by atoms with van der Waals surface area (Å²) < 4.78 is 0. The molecule has 0 amide bonds. The third-order valence-electron chi connectivity index (χ3n) is 3.46. The summed E-state index contributed by atoms with van der Waals surface area (Å²) in [6, 6.07) is 6.67. The van der Waals surface area contributed by atoms with E-state index in [1.807, 2.05) is 7.05 Å². The van der Waals surface area contributed by atoms with Gasteiger partial charge in [-0.05, 0) is 57.4 Å². The van der Waals surface area contributed by atoms with Gasteiger partial charge in [-0.2, -0.15) is 0 Å². The predicted octanol–water partition coefficient (Wildman–Crippen LogP) is 3.75. The maximum atomic E-state index is 3.64. The highest BCUT2D eigenvalue weighted by atomic mass is 14.9. The molecule has 0 aromatic heterocycles. The smallest absolute Gasteiger partial charge is 0.0370 e. The summed E-state index contributed by atoms with van der Waals surface area (Å²) in [5.41, 5.74) is 4.19. The monoisotopic (exact) mass is 248 g/mol. The number of hydrogen-bond acceptors (Lipinski definition) is 2. The van der Waals surface area contributed by atoms with Crippen molar-refractivity contribution in [2.75, 3.05) is 18.9 Å². The normalized spacial score (nSPS) is 11.6. The summed E-state index contributed by atoms with van der Waals surface area (Å²) in [6.07, 6.45) is 3.54. The van der Waals surface area contributed by atoms with Crippen LogP contribution in [0.2, 0.25) is 0 Å². The topological polar surface area (TPSA) is 24.1 Å². The molecule has 0 atom stereocenters. The Hall–Kier alpha value is -1.02. The van der Waals surface area contributed by atoms with Crippen molar-refractivity contribution in [2.24, 2.45) is 0 Å². The van der Waals surface area contributed by atoms with E-state index in [1.165, 1.54) is 29.7 Å². The van der Waals surface area contributed by atoms with E-state index in [-0.39, 0.29) is 5.54 Å². The Balaban J connectivity index is 2.49. The fourth-order valence-corrected chi connectivity index (χ4v) is 2.35. The zero-order valence-corrected chi connectivity index (χ0v) is 12.6. The Morgan fingerprint density at radius 2 is 1.94 bits per heavy atom. The van der Waals surface area contributed by atoms with Crippen LogP contribution in [0.5, 0.6) is 0 Å². The van der Waals surface area contributed by atoms with Gasteiger partial charge in [0.2, 0.25) is 0 Å². The minimum Gasteiger partial charge on any atom is -0.388 e. The molecule has 0 fully saturated rings. The van der Waals surface area contributed by atoms with Gasteiger partial charge >= 0.3 is 0 Å². The molecule has 0 aliphatic heterocycles. The SMILES string of the molecule is CCCC(C)(C)NCCc1ccc(C)c(NC)c1. The van der Waals surface area contributed by atoms with Gasteiger partial charge in [-0.25, -0.2) is 0 Å². The van der Waals surface area contributed by atoms with Crippen LogP contribution in [0.3, 0.4) is 0 Å². The zero-order chi connectivity index (χ0) is 13.6. The Labute approximate surface area is 112 Å². The van der Waals surface area contributed by atoms with Crippen LogP contribution in [0.1, 0.15) is 44.7 Å². The van der Waals surface area contributed by atoms with Crippen LogP contribution in [-0.2, 0) is 6.42 Å². The van der Waals surface area contributed by atoms with Crippen molar-refractivity contribution in [1.29, 1.82) is 0 Å². The fraction of sp³-hybridized carbons (Fsp3) is 0.625. The molecule has 0 saturated heterocycles. The molecule has 1 aromatic rings. The van der Waals surface area contributed by atoms with Gasteiger partial charge in [0.25, 0.3) is 0 Å². The van der Waals surface area contributed by atoms with Gasteiger partial charge in [0.05, 0.1) is 0 Å². The number of rotatable bonds is 7. The Kier molecular flexibility index (Phi) is 5.67. The third-order valence-corrected chi connectivity index (χ3v) is 3.46. The van der Waals surface area contributed by atoms with E-state index in [9.17, 15) is 0 Å². The van der Waals surface area contributed by atoms with E-state index >= 15 is 0 Å². The second-order valence-corrected chi connectivity index (χ2v) is 5.71. The van der Waals surface area contributed by atoms with Gasteiger partial charge in [0.1, 0.15) is 0 Å². The first-order valence-electron chi connectivity index (χ1n) is 7.01. The van der Waals surface area contributed by atoms with Gasteiger partial charge in [0, 0.05) is 18.3 Å². The van der Waals surface area contributed by atoms with E-state index in [2.05, 4.69) is 56.5 Å². The lowest BCUT2D eigenvalue weighted by molar-refractivity contribution is 0.362. The van der Waals surface area contributed by atoms with Crippen molar-refractivity contribution in [1.82, 2.24) is 5.32 Å². The highest BCUT2D eigenvalue weighted by Crippen LogP contribution is 2.17. The minimum atomic E-state index is 0.255. The summed E-state index contributed by atoms with van der Waals surface area (Å²) in [5.74, 6) is 0. The molecule has 2 N–H and O–H groups in total. The number of anilines is 1. The molecular formula is C16H28N2. The van der Waals surface area contributed by atoms with Crippen molar-refractivity contribution in [3.8, 4) is 0 Å². The standard InChI is InChI=1S/C16H28N2/c1-6-10-16(3,4)18-11-9-14-8-7-13(2)15(12-14)17-5/h7-8,12,17-18H,6,9-11H2,1-5H3. The van der Waals surface area contributed by atoms with Crippen LogP contribution < -0.4 is 10.6 Å². The molecule has 102 valence electrons. The van der Waals surface area contributed by atoms with E-state index in [1.54, 1.807) is 0 Å². The average Bonchev–Trinajstić information content (AvgIpc) is 2.31. The summed E-state index contributed by atoms with van der Waals surface area (Å²) in [6.45, 7) is 9.98. The summed E-state index contributed by atoms with van der Waals surface area (Å²) in [7, 11) is 1.98. The molecule has 0 aliphatic rings. The minimum absolute atomic E-state index is 0.255.